The highest BCUT2D eigenvalue weighted by Crippen LogP contribution is 2.24. The molecule has 0 amide bonds. The maximum atomic E-state index is 13.0. The highest BCUT2D eigenvalue weighted by atomic mass is 32.2. The second-order valence-electron chi connectivity index (χ2n) is 4.72. The van der Waals surface area contributed by atoms with Gasteiger partial charge in [-0.05, 0) is 55.0 Å². The van der Waals surface area contributed by atoms with Crippen molar-refractivity contribution in [2.75, 3.05) is 13.7 Å². The molecule has 0 bridgehead atoms. The Hall–Kier alpha value is -2.21. The number of carbonyl (C=O) groups is 1. The summed E-state index contributed by atoms with van der Waals surface area (Å²) < 4.78 is 35.7. The van der Waals surface area contributed by atoms with E-state index in [0.717, 1.165) is 0 Å². The van der Waals surface area contributed by atoms with Crippen LogP contribution in [0.4, 0.5) is 4.39 Å². The van der Waals surface area contributed by atoms with Gasteiger partial charge >= 0.3 is 5.97 Å². The molecule has 2 aromatic rings. The number of esters is 1. The predicted molar refractivity (Wildman–Crippen MR) is 84.4 cm³/mol. The van der Waals surface area contributed by atoms with Crippen molar-refractivity contribution in [1.82, 2.24) is 0 Å². The van der Waals surface area contributed by atoms with Crippen LogP contribution in [0.5, 0.6) is 5.75 Å². The van der Waals surface area contributed by atoms with Crippen LogP contribution in [0.1, 0.15) is 12.5 Å². The molecule has 2 aromatic carbocycles. The smallest absolute Gasteiger partial charge is 0.309 e. The molecule has 0 heterocycles. The van der Waals surface area contributed by atoms with Gasteiger partial charge in [-0.1, -0.05) is 0 Å². The van der Waals surface area contributed by atoms with E-state index < -0.39 is 16.8 Å². The number of hydrogen-bond acceptors (Lipinski definition) is 4. The first kappa shape index (κ1) is 17.1. The summed E-state index contributed by atoms with van der Waals surface area (Å²) in [5.74, 6) is -0.253. The predicted octanol–water partition coefficient (Wildman–Crippen LogP) is 3.11. The first-order valence-electron chi connectivity index (χ1n) is 7.04. The second-order valence-corrected chi connectivity index (χ2v) is 6.20. The molecular formula is C17H17FO4S. The Labute approximate surface area is 136 Å². The summed E-state index contributed by atoms with van der Waals surface area (Å²) in [5.41, 5.74) is 0.647. The molecule has 6 heteroatoms. The summed E-state index contributed by atoms with van der Waals surface area (Å²) >= 11 is 0. The highest BCUT2D eigenvalue weighted by Gasteiger charge is 2.13. The van der Waals surface area contributed by atoms with E-state index in [1.165, 1.54) is 31.4 Å². The number of halogens is 1. The largest absolute Gasteiger partial charge is 0.494 e. The Balaban J connectivity index is 2.37. The second kappa shape index (κ2) is 7.87. The molecule has 0 aliphatic rings. The number of carbonyl (C=O) groups excluding carboxylic acids is 1. The molecule has 0 fully saturated rings. The van der Waals surface area contributed by atoms with E-state index >= 15 is 0 Å². The van der Waals surface area contributed by atoms with Crippen LogP contribution in [0.2, 0.25) is 0 Å². The van der Waals surface area contributed by atoms with Crippen molar-refractivity contribution in [1.29, 1.82) is 0 Å². The molecule has 1 atom stereocenters. The van der Waals surface area contributed by atoms with Crippen LogP contribution >= 0.6 is 0 Å². The monoisotopic (exact) mass is 336 g/mol. The van der Waals surface area contributed by atoms with Crippen molar-refractivity contribution in [3.63, 3.8) is 0 Å². The van der Waals surface area contributed by atoms with Crippen LogP contribution in [0.25, 0.3) is 0 Å². The third-order valence-electron chi connectivity index (χ3n) is 3.07. The maximum Gasteiger partial charge on any atom is 0.309 e. The molecule has 0 aliphatic heterocycles. The zero-order chi connectivity index (χ0) is 16.8. The molecule has 0 aliphatic carbocycles. The molecule has 4 nitrogen and oxygen atoms in total. The lowest BCUT2D eigenvalue weighted by molar-refractivity contribution is -0.139. The third kappa shape index (κ3) is 4.63. The van der Waals surface area contributed by atoms with Crippen molar-refractivity contribution in [3.05, 3.63) is 53.8 Å². The van der Waals surface area contributed by atoms with Crippen molar-refractivity contribution in [3.8, 4) is 5.75 Å². The molecule has 2 rings (SSSR count). The van der Waals surface area contributed by atoms with E-state index in [2.05, 4.69) is 4.74 Å². The normalized spacial score (nSPS) is 11.8. The minimum absolute atomic E-state index is 0.0605. The summed E-state index contributed by atoms with van der Waals surface area (Å²) in [7, 11) is -0.183. The molecule has 0 saturated carbocycles. The Morgan fingerprint density at radius 3 is 2.43 bits per heavy atom. The fourth-order valence-corrected chi connectivity index (χ4v) is 3.16. The van der Waals surface area contributed by atoms with Crippen LogP contribution in [-0.4, -0.2) is 23.9 Å². The van der Waals surface area contributed by atoms with E-state index in [9.17, 15) is 13.4 Å². The summed E-state index contributed by atoms with van der Waals surface area (Å²) in [6, 6.07) is 10.5. The average Bonchev–Trinajstić information content (AvgIpc) is 2.55. The van der Waals surface area contributed by atoms with Crippen molar-refractivity contribution >= 4 is 16.8 Å². The molecule has 0 saturated heterocycles. The molecule has 0 N–H and O–H groups in total. The molecule has 0 spiro atoms. The van der Waals surface area contributed by atoms with Crippen LogP contribution in [0.3, 0.4) is 0 Å². The Bertz CT molecular complexity index is 713. The van der Waals surface area contributed by atoms with Gasteiger partial charge < -0.3 is 9.47 Å². The topological polar surface area (TPSA) is 52.6 Å². The molecule has 122 valence electrons. The highest BCUT2D eigenvalue weighted by molar-refractivity contribution is 7.85. The molecule has 23 heavy (non-hydrogen) atoms. The summed E-state index contributed by atoms with van der Waals surface area (Å²) in [4.78, 5) is 12.4. The lowest BCUT2D eigenvalue weighted by Crippen LogP contribution is -2.06. The minimum Gasteiger partial charge on any atom is -0.494 e. The van der Waals surface area contributed by atoms with Gasteiger partial charge in [-0.3, -0.25) is 4.79 Å². The lowest BCUT2D eigenvalue weighted by atomic mass is 10.1. The van der Waals surface area contributed by atoms with Gasteiger partial charge in [-0.2, -0.15) is 0 Å². The Morgan fingerprint density at radius 1 is 1.13 bits per heavy atom. The van der Waals surface area contributed by atoms with Crippen LogP contribution in [0, 0.1) is 5.82 Å². The number of ether oxygens (including phenoxy) is 2. The quantitative estimate of drug-likeness (QED) is 0.761. The minimum atomic E-state index is -1.49. The van der Waals surface area contributed by atoms with E-state index in [1.54, 1.807) is 18.2 Å². The zero-order valence-corrected chi connectivity index (χ0v) is 13.7. The van der Waals surface area contributed by atoms with Gasteiger partial charge in [0.1, 0.15) is 11.6 Å². The zero-order valence-electron chi connectivity index (χ0n) is 12.9. The number of benzene rings is 2. The molecule has 0 radical (unpaired) electrons. The van der Waals surface area contributed by atoms with Crippen molar-refractivity contribution in [2.24, 2.45) is 0 Å². The van der Waals surface area contributed by atoms with Crippen LogP contribution in [0.15, 0.2) is 52.3 Å². The Kier molecular flexibility index (Phi) is 5.87. The fraction of sp³-hybridized carbons (Fsp3) is 0.235. The van der Waals surface area contributed by atoms with Gasteiger partial charge in [0.2, 0.25) is 0 Å². The summed E-state index contributed by atoms with van der Waals surface area (Å²) in [6.07, 6.45) is 0.0605. The Morgan fingerprint density at radius 2 is 1.83 bits per heavy atom. The first-order chi connectivity index (χ1) is 11.0. The van der Waals surface area contributed by atoms with Gasteiger partial charge in [0, 0.05) is 9.79 Å². The number of rotatable bonds is 6. The number of hydrogen-bond donors (Lipinski definition) is 0. The van der Waals surface area contributed by atoms with Crippen LogP contribution < -0.4 is 4.74 Å². The molecule has 0 aromatic heterocycles. The van der Waals surface area contributed by atoms with E-state index in [1.807, 2.05) is 6.92 Å². The van der Waals surface area contributed by atoms with Gasteiger partial charge in [0.15, 0.2) is 0 Å². The summed E-state index contributed by atoms with van der Waals surface area (Å²) in [5, 5.41) is 0. The third-order valence-corrected chi connectivity index (χ3v) is 4.43. The van der Waals surface area contributed by atoms with E-state index in [-0.39, 0.29) is 12.2 Å². The first-order valence-corrected chi connectivity index (χ1v) is 8.19. The van der Waals surface area contributed by atoms with Crippen LogP contribution in [-0.2, 0) is 26.8 Å². The van der Waals surface area contributed by atoms with Crippen molar-refractivity contribution < 1.29 is 22.9 Å². The lowest BCUT2D eigenvalue weighted by Gasteiger charge is -2.10. The number of methoxy groups -OCH3 is 1. The summed E-state index contributed by atoms with van der Waals surface area (Å²) in [6.45, 7) is 2.29. The van der Waals surface area contributed by atoms with E-state index in [4.69, 9.17) is 4.74 Å². The molecular weight excluding hydrogens is 319 g/mol. The van der Waals surface area contributed by atoms with Gasteiger partial charge in [0.05, 0.1) is 30.9 Å². The average molecular weight is 336 g/mol. The fourth-order valence-electron chi connectivity index (χ4n) is 2.02. The van der Waals surface area contributed by atoms with Crippen molar-refractivity contribution in [2.45, 2.75) is 23.1 Å². The van der Waals surface area contributed by atoms with Gasteiger partial charge in [-0.25, -0.2) is 8.60 Å². The van der Waals surface area contributed by atoms with Gasteiger partial charge in [-0.15, -0.1) is 0 Å². The molecule has 1 unspecified atom stereocenters. The van der Waals surface area contributed by atoms with Gasteiger partial charge in [0.25, 0.3) is 0 Å². The van der Waals surface area contributed by atoms with E-state index in [0.29, 0.717) is 27.7 Å². The standard InChI is InChI=1S/C17H17FO4S/c1-3-22-14-8-12(10-17(19)21-2)9-16(11-14)23(20)15-6-4-13(18)5-7-15/h4-9,11H,3,10H2,1-2H3. The maximum absolute atomic E-state index is 13.0. The SMILES string of the molecule is CCOc1cc(CC(=O)OC)cc(S(=O)c2ccc(F)cc2)c1.